The van der Waals surface area contributed by atoms with Crippen molar-refractivity contribution < 1.29 is 0 Å². The van der Waals surface area contributed by atoms with E-state index in [0.717, 1.165) is 17.9 Å². The Bertz CT molecular complexity index is 515. The number of aromatic nitrogens is 1. The van der Waals surface area contributed by atoms with Crippen LogP contribution in [0.4, 0.5) is 5.82 Å². The van der Waals surface area contributed by atoms with Crippen molar-refractivity contribution in [2.75, 3.05) is 11.9 Å². The lowest BCUT2D eigenvalue weighted by Crippen LogP contribution is -2.18. The molecule has 2 N–H and O–H groups in total. The summed E-state index contributed by atoms with van der Waals surface area (Å²) < 4.78 is 0. The molecule has 0 radical (unpaired) electrons. The quantitative estimate of drug-likeness (QED) is 0.913. The minimum atomic E-state index is 0.0314. The molecular weight excluding hydrogens is 234 g/mol. The van der Waals surface area contributed by atoms with Crippen LogP contribution in [0.25, 0.3) is 0 Å². The smallest absolute Gasteiger partial charge is 0.128 e. The number of pyridine rings is 1. The summed E-state index contributed by atoms with van der Waals surface area (Å²) in [6, 6.07) is 12.7. The van der Waals surface area contributed by atoms with Gasteiger partial charge in [-0.3, -0.25) is 0 Å². The van der Waals surface area contributed by atoms with Crippen LogP contribution in [0.1, 0.15) is 29.7 Å². The highest BCUT2D eigenvalue weighted by Crippen LogP contribution is 2.16. The van der Waals surface area contributed by atoms with Gasteiger partial charge in [0.25, 0.3) is 0 Å². The molecule has 100 valence electrons. The van der Waals surface area contributed by atoms with E-state index in [1.165, 1.54) is 11.1 Å². The van der Waals surface area contributed by atoms with Crippen molar-refractivity contribution in [3.63, 3.8) is 0 Å². The number of nitrogens with zero attached hydrogens (tertiary/aromatic N) is 2. The zero-order valence-corrected chi connectivity index (χ0v) is 11.8. The van der Waals surface area contributed by atoms with Crippen molar-refractivity contribution in [1.82, 2.24) is 4.98 Å². The number of hydrogen-bond donors (Lipinski definition) is 1. The van der Waals surface area contributed by atoms with Gasteiger partial charge in [0.1, 0.15) is 5.82 Å². The first-order valence-electron chi connectivity index (χ1n) is 6.54. The van der Waals surface area contributed by atoms with Gasteiger partial charge in [-0.05, 0) is 31.0 Å². The summed E-state index contributed by atoms with van der Waals surface area (Å²) in [7, 11) is 2.05. The summed E-state index contributed by atoms with van der Waals surface area (Å²) in [5.74, 6) is 0.963. The summed E-state index contributed by atoms with van der Waals surface area (Å²) >= 11 is 0. The molecule has 0 amide bonds. The van der Waals surface area contributed by atoms with Crippen molar-refractivity contribution in [3.05, 3.63) is 59.3 Å². The van der Waals surface area contributed by atoms with Gasteiger partial charge in [0.15, 0.2) is 0 Å². The summed E-state index contributed by atoms with van der Waals surface area (Å²) in [5.41, 5.74) is 9.45. The Hall–Kier alpha value is -1.87. The molecule has 0 aliphatic heterocycles. The predicted molar refractivity (Wildman–Crippen MR) is 80.1 cm³/mol. The Kier molecular flexibility index (Phi) is 4.17. The molecule has 0 fully saturated rings. The molecule has 2 aromatic rings. The molecule has 1 aromatic carbocycles. The van der Waals surface area contributed by atoms with Crippen molar-refractivity contribution >= 4 is 5.82 Å². The SMILES string of the molecule is Cc1ccc(CN(C)c2ccc([C@H](C)N)cn2)cc1. The molecule has 19 heavy (non-hydrogen) atoms. The predicted octanol–water partition coefficient (Wildman–Crippen LogP) is 3.05. The fourth-order valence-electron chi connectivity index (χ4n) is 1.94. The second kappa shape index (κ2) is 5.85. The van der Waals surface area contributed by atoms with Crippen LogP contribution in [0.15, 0.2) is 42.6 Å². The van der Waals surface area contributed by atoms with E-state index in [1.54, 1.807) is 0 Å². The van der Waals surface area contributed by atoms with E-state index in [9.17, 15) is 0 Å². The van der Waals surface area contributed by atoms with E-state index >= 15 is 0 Å². The Labute approximate surface area is 115 Å². The van der Waals surface area contributed by atoms with Gasteiger partial charge in [-0.1, -0.05) is 35.9 Å². The minimum Gasteiger partial charge on any atom is -0.355 e. The van der Waals surface area contributed by atoms with Gasteiger partial charge in [-0.2, -0.15) is 0 Å². The van der Waals surface area contributed by atoms with Crippen LogP contribution < -0.4 is 10.6 Å². The molecule has 1 atom stereocenters. The largest absolute Gasteiger partial charge is 0.355 e. The molecule has 0 spiro atoms. The first-order valence-corrected chi connectivity index (χ1v) is 6.54. The van der Waals surface area contributed by atoms with Crippen molar-refractivity contribution in [2.45, 2.75) is 26.4 Å². The zero-order chi connectivity index (χ0) is 13.8. The highest BCUT2D eigenvalue weighted by molar-refractivity contribution is 5.40. The van der Waals surface area contributed by atoms with Crippen molar-refractivity contribution in [1.29, 1.82) is 0 Å². The second-order valence-electron chi connectivity index (χ2n) is 5.08. The molecule has 3 nitrogen and oxygen atoms in total. The molecule has 0 unspecified atom stereocenters. The standard InChI is InChI=1S/C16H21N3/c1-12-4-6-14(7-5-12)11-19(3)16-9-8-15(10-18-16)13(2)17/h4-10,13H,11,17H2,1-3H3/t13-/m0/s1. The average Bonchev–Trinajstić information content (AvgIpc) is 2.41. The van der Waals surface area contributed by atoms with Crippen LogP contribution in [0.5, 0.6) is 0 Å². The van der Waals surface area contributed by atoms with Crippen LogP contribution in [0, 0.1) is 6.92 Å². The van der Waals surface area contributed by atoms with Gasteiger partial charge in [0.2, 0.25) is 0 Å². The normalized spacial score (nSPS) is 12.2. The molecule has 0 bridgehead atoms. The van der Waals surface area contributed by atoms with Crippen molar-refractivity contribution in [3.8, 4) is 0 Å². The van der Waals surface area contributed by atoms with Crippen LogP contribution in [0.3, 0.4) is 0 Å². The van der Waals surface area contributed by atoms with Gasteiger partial charge in [-0.15, -0.1) is 0 Å². The van der Waals surface area contributed by atoms with Crippen LogP contribution in [-0.2, 0) is 6.54 Å². The maximum atomic E-state index is 5.82. The van der Waals surface area contributed by atoms with E-state index in [2.05, 4.69) is 41.1 Å². The third kappa shape index (κ3) is 3.55. The number of benzene rings is 1. The lowest BCUT2D eigenvalue weighted by molar-refractivity contribution is 0.807. The first kappa shape index (κ1) is 13.6. The monoisotopic (exact) mass is 255 g/mol. The number of aryl methyl sites for hydroxylation is 1. The lowest BCUT2D eigenvalue weighted by Gasteiger charge is -2.19. The summed E-state index contributed by atoms with van der Waals surface area (Å²) in [5, 5.41) is 0. The average molecular weight is 255 g/mol. The first-order chi connectivity index (χ1) is 9.06. The maximum Gasteiger partial charge on any atom is 0.128 e. The van der Waals surface area contributed by atoms with E-state index < -0.39 is 0 Å². The molecule has 0 aliphatic carbocycles. The molecule has 1 aromatic heterocycles. The molecule has 0 saturated carbocycles. The van der Waals surface area contributed by atoms with E-state index in [-0.39, 0.29) is 6.04 Å². The summed E-state index contributed by atoms with van der Waals surface area (Å²) in [4.78, 5) is 6.59. The number of anilines is 1. The van der Waals surface area contributed by atoms with Gasteiger partial charge in [-0.25, -0.2) is 4.98 Å². The van der Waals surface area contributed by atoms with E-state index in [1.807, 2.05) is 32.3 Å². The van der Waals surface area contributed by atoms with Crippen LogP contribution in [0.2, 0.25) is 0 Å². The molecule has 0 saturated heterocycles. The van der Waals surface area contributed by atoms with E-state index in [0.29, 0.717) is 0 Å². The lowest BCUT2D eigenvalue weighted by atomic mass is 10.1. The fourth-order valence-corrected chi connectivity index (χ4v) is 1.94. The van der Waals surface area contributed by atoms with Gasteiger partial charge < -0.3 is 10.6 Å². The number of nitrogens with two attached hydrogens (primary N) is 1. The van der Waals surface area contributed by atoms with Gasteiger partial charge in [0, 0.05) is 25.8 Å². The van der Waals surface area contributed by atoms with E-state index in [4.69, 9.17) is 5.73 Å². The Morgan fingerprint density at radius 3 is 2.37 bits per heavy atom. The summed E-state index contributed by atoms with van der Waals surface area (Å²) in [6.07, 6.45) is 1.85. The Balaban J connectivity index is 2.07. The van der Waals surface area contributed by atoms with Gasteiger partial charge >= 0.3 is 0 Å². The zero-order valence-electron chi connectivity index (χ0n) is 11.8. The minimum absolute atomic E-state index is 0.0314. The van der Waals surface area contributed by atoms with Crippen molar-refractivity contribution in [2.24, 2.45) is 5.73 Å². The van der Waals surface area contributed by atoms with Crippen LogP contribution in [-0.4, -0.2) is 12.0 Å². The summed E-state index contributed by atoms with van der Waals surface area (Å²) in [6.45, 7) is 4.92. The third-order valence-electron chi connectivity index (χ3n) is 3.23. The molecule has 1 heterocycles. The highest BCUT2D eigenvalue weighted by Gasteiger charge is 2.05. The molecule has 2 rings (SSSR count). The second-order valence-corrected chi connectivity index (χ2v) is 5.08. The third-order valence-corrected chi connectivity index (χ3v) is 3.23. The maximum absolute atomic E-state index is 5.82. The Morgan fingerprint density at radius 2 is 1.84 bits per heavy atom. The van der Waals surface area contributed by atoms with Gasteiger partial charge in [0.05, 0.1) is 0 Å². The fraction of sp³-hybridized carbons (Fsp3) is 0.312. The Morgan fingerprint density at radius 1 is 1.16 bits per heavy atom. The topological polar surface area (TPSA) is 42.1 Å². The molecule has 0 aliphatic rings. The molecular formula is C16H21N3. The highest BCUT2D eigenvalue weighted by atomic mass is 15.2. The number of hydrogen-bond acceptors (Lipinski definition) is 3. The van der Waals surface area contributed by atoms with Crippen LogP contribution >= 0.6 is 0 Å². The number of rotatable bonds is 4. The molecule has 3 heteroatoms.